The fourth-order valence-electron chi connectivity index (χ4n) is 6.48. The molecule has 21 heavy (non-hydrogen) atoms. The Morgan fingerprint density at radius 2 is 1.90 bits per heavy atom. The topological polar surface area (TPSA) is 33.1 Å². The Kier molecular flexibility index (Phi) is 2.98. The summed E-state index contributed by atoms with van der Waals surface area (Å²) in [5, 5.41) is 11.2. The molecular weight excluding hydrogens is 258 g/mol. The molecule has 0 radical (unpaired) electrons. The van der Waals surface area contributed by atoms with Crippen LogP contribution in [-0.2, 0) is 0 Å². The maximum absolute atomic E-state index is 11.2. The molecule has 1 aromatic rings. The standard InChI is InChI=1S/C19H27NO/c1-13(16-5-3-4-6-20-16)17(21)19-10-14-7-15(11-19)9-18(2,8-14)12-19/h3-6,13-15,17,21H,7-12H2,1-2H3. The minimum Gasteiger partial charge on any atom is -0.392 e. The van der Waals surface area contributed by atoms with Crippen LogP contribution in [-0.4, -0.2) is 16.2 Å². The van der Waals surface area contributed by atoms with Gasteiger partial charge in [0, 0.05) is 17.8 Å². The molecule has 4 atom stereocenters. The smallest absolute Gasteiger partial charge is 0.0677 e. The highest BCUT2D eigenvalue weighted by Gasteiger charge is 2.58. The second kappa shape index (κ2) is 4.55. The molecule has 114 valence electrons. The zero-order valence-corrected chi connectivity index (χ0v) is 13.3. The molecule has 0 aromatic carbocycles. The third-order valence-electron chi connectivity index (χ3n) is 6.65. The summed E-state index contributed by atoms with van der Waals surface area (Å²) in [5.74, 6) is 1.87. The molecule has 2 heteroatoms. The maximum atomic E-state index is 11.2. The lowest BCUT2D eigenvalue weighted by Gasteiger charge is -2.63. The van der Waals surface area contributed by atoms with Gasteiger partial charge in [-0.3, -0.25) is 4.98 Å². The zero-order valence-electron chi connectivity index (χ0n) is 13.3. The summed E-state index contributed by atoms with van der Waals surface area (Å²) in [6.07, 6.45) is 9.55. The molecule has 0 aliphatic heterocycles. The van der Waals surface area contributed by atoms with Gasteiger partial charge in [0.25, 0.3) is 0 Å². The second-order valence-electron chi connectivity index (χ2n) is 8.62. The lowest BCUT2D eigenvalue weighted by molar-refractivity contribution is -0.158. The predicted octanol–water partition coefficient (Wildman–Crippen LogP) is 4.15. The first kappa shape index (κ1) is 13.8. The zero-order chi connectivity index (χ0) is 14.7. The van der Waals surface area contributed by atoms with E-state index in [2.05, 4.69) is 24.9 Å². The molecule has 0 amide bonds. The van der Waals surface area contributed by atoms with Gasteiger partial charge >= 0.3 is 0 Å². The van der Waals surface area contributed by atoms with Crippen LogP contribution in [0.2, 0.25) is 0 Å². The highest BCUT2D eigenvalue weighted by atomic mass is 16.3. The Morgan fingerprint density at radius 3 is 2.48 bits per heavy atom. The summed E-state index contributed by atoms with van der Waals surface area (Å²) in [6, 6.07) is 6.05. The molecule has 4 aliphatic carbocycles. The molecule has 4 saturated carbocycles. The lowest BCUT2D eigenvalue weighted by atomic mass is 9.43. The number of aliphatic hydroxyl groups is 1. The molecule has 2 nitrogen and oxygen atoms in total. The van der Waals surface area contributed by atoms with Crippen molar-refractivity contribution >= 4 is 0 Å². The largest absolute Gasteiger partial charge is 0.392 e. The van der Waals surface area contributed by atoms with Gasteiger partial charge in [0.2, 0.25) is 0 Å². The molecule has 4 fully saturated rings. The Labute approximate surface area is 128 Å². The number of aromatic nitrogens is 1. The summed E-state index contributed by atoms with van der Waals surface area (Å²) in [4.78, 5) is 4.48. The van der Waals surface area contributed by atoms with Crippen molar-refractivity contribution in [1.82, 2.24) is 4.98 Å². The van der Waals surface area contributed by atoms with E-state index in [0.29, 0.717) is 5.41 Å². The Bertz CT molecular complexity index is 512. The van der Waals surface area contributed by atoms with Gasteiger partial charge in [-0.2, -0.15) is 0 Å². The SMILES string of the molecule is CC(c1ccccn1)C(O)C12CC3CC(CC(C)(C3)C1)C2. The van der Waals surface area contributed by atoms with Crippen LogP contribution in [0.4, 0.5) is 0 Å². The van der Waals surface area contributed by atoms with Crippen LogP contribution in [0, 0.1) is 22.7 Å². The summed E-state index contributed by atoms with van der Waals surface area (Å²) in [7, 11) is 0. The quantitative estimate of drug-likeness (QED) is 0.905. The van der Waals surface area contributed by atoms with E-state index in [1.807, 2.05) is 18.3 Å². The normalized spacial score (nSPS) is 43.8. The molecule has 1 N–H and O–H groups in total. The van der Waals surface area contributed by atoms with Crippen LogP contribution in [0.1, 0.15) is 64.0 Å². The van der Waals surface area contributed by atoms with Crippen molar-refractivity contribution in [3.05, 3.63) is 30.1 Å². The Morgan fingerprint density at radius 1 is 1.19 bits per heavy atom. The highest BCUT2D eigenvalue weighted by Crippen LogP contribution is 2.67. The predicted molar refractivity (Wildman–Crippen MR) is 83.9 cm³/mol. The van der Waals surface area contributed by atoms with Crippen molar-refractivity contribution in [3.8, 4) is 0 Å². The summed E-state index contributed by atoms with van der Waals surface area (Å²) >= 11 is 0. The Balaban J connectivity index is 1.63. The fraction of sp³-hybridized carbons (Fsp3) is 0.737. The van der Waals surface area contributed by atoms with E-state index in [9.17, 15) is 5.11 Å². The van der Waals surface area contributed by atoms with Crippen molar-refractivity contribution in [2.75, 3.05) is 0 Å². The molecule has 4 unspecified atom stereocenters. The number of rotatable bonds is 3. The van der Waals surface area contributed by atoms with E-state index in [4.69, 9.17) is 0 Å². The number of nitrogens with zero attached hydrogens (tertiary/aromatic N) is 1. The van der Waals surface area contributed by atoms with Crippen molar-refractivity contribution in [2.24, 2.45) is 22.7 Å². The molecular formula is C19H27NO. The average Bonchev–Trinajstić information content (AvgIpc) is 2.44. The van der Waals surface area contributed by atoms with Gasteiger partial charge in [-0.25, -0.2) is 0 Å². The first-order chi connectivity index (χ1) is 10.00. The first-order valence-corrected chi connectivity index (χ1v) is 8.59. The highest BCUT2D eigenvalue weighted by molar-refractivity contribution is 5.16. The van der Waals surface area contributed by atoms with Gasteiger partial charge in [-0.1, -0.05) is 19.9 Å². The van der Waals surface area contributed by atoms with Gasteiger partial charge in [0.1, 0.15) is 0 Å². The van der Waals surface area contributed by atoms with Crippen LogP contribution < -0.4 is 0 Å². The molecule has 0 spiro atoms. The molecule has 0 saturated heterocycles. The van der Waals surface area contributed by atoms with E-state index in [1.54, 1.807) is 0 Å². The minimum atomic E-state index is -0.238. The third-order valence-corrected chi connectivity index (χ3v) is 6.65. The van der Waals surface area contributed by atoms with E-state index in [-0.39, 0.29) is 17.4 Å². The lowest BCUT2D eigenvalue weighted by Crippen LogP contribution is -2.56. The van der Waals surface area contributed by atoms with E-state index >= 15 is 0 Å². The Hall–Kier alpha value is -0.890. The molecule has 4 aliphatic rings. The number of pyridine rings is 1. The van der Waals surface area contributed by atoms with E-state index < -0.39 is 0 Å². The third kappa shape index (κ3) is 2.14. The van der Waals surface area contributed by atoms with Crippen LogP contribution in [0.25, 0.3) is 0 Å². The van der Waals surface area contributed by atoms with E-state index in [0.717, 1.165) is 17.5 Å². The maximum Gasteiger partial charge on any atom is 0.0677 e. The van der Waals surface area contributed by atoms with Crippen molar-refractivity contribution in [2.45, 2.75) is 64.4 Å². The van der Waals surface area contributed by atoms with Crippen molar-refractivity contribution in [1.29, 1.82) is 0 Å². The molecule has 4 bridgehead atoms. The first-order valence-electron chi connectivity index (χ1n) is 8.59. The minimum absolute atomic E-state index is 0.144. The fourth-order valence-corrected chi connectivity index (χ4v) is 6.48. The summed E-state index contributed by atoms with van der Waals surface area (Å²) in [6.45, 7) is 4.63. The second-order valence-corrected chi connectivity index (χ2v) is 8.62. The van der Waals surface area contributed by atoms with Crippen LogP contribution in [0.3, 0.4) is 0 Å². The monoisotopic (exact) mass is 285 g/mol. The van der Waals surface area contributed by atoms with Gasteiger partial charge in [0.05, 0.1) is 6.10 Å². The van der Waals surface area contributed by atoms with Gasteiger partial charge in [-0.15, -0.1) is 0 Å². The van der Waals surface area contributed by atoms with Gasteiger partial charge in [0.15, 0.2) is 0 Å². The summed E-state index contributed by atoms with van der Waals surface area (Å²) in [5.41, 5.74) is 1.70. The number of hydrogen-bond donors (Lipinski definition) is 1. The van der Waals surface area contributed by atoms with Crippen molar-refractivity contribution in [3.63, 3.8) is 0 Å². The molecule has 1 aromatic heterocycles. The van der Waals surface area contributed by atoms with Crippen LogP contribution in [0.5, 0.6) is 0 Å². The van der Waals surface area contributed by atoms with Crippen LogP contribution >= 0.6 is 0 Å². The van der Waals surface area contributed by atoms with Gasteiger partial charge in [-0.05, 0) is 73.3 Å². The summed E-state index contributed by atoms with van der Waals surface area (Å²) < 4.78 is 0. The van der Waals surface area contributed by atoms with Crippen molar-refractivity contribution < 1.29 is 5.11 Å². The average molecular weight is 285 g/mol. The number of aliphatic hydroxyl groups excluding tert-OH is 1. The van der Waals surface area contributed by atoms with Gasteiger partial charge < -0.3 is 5.11 Å². The number of hydrogen-bond acceptors (Lipinski definition) is 2. The van der Waals surface area contributed by atoms with E-state index in [1.165, 1.54) is 38.5 Å². The molecule has 1 heterocycles. The van der Waals surface area contributed by atoms with Crippen LogP contribution in [0.15, 0.2) is 24.4 Å². The molecule has 5 rings (SSSR count).